The highest BCUT2D eigenvalue weighted by Crippen LogP contribution is 1.99. The maximum absolute atomic E-state index is 11.4. The van der Waals surface area contributed by atoms with E-state index >= 15 is 0 Å². The molecule has 0 saturated heterocycles. The Bertz CT molecular complexity index is 368. The van der Waals surface area contributed by atoms with Crippen molar-refractivity contribution < 1.29 is 4.79 Å². The molecule has 0 radical (unpaired) electrons. The summed E-state index contributed by atoms with van der Waals surface area (Å²) in [4.78, 5) is 24.6. The second kappa shape index (κ2) is 5.33. The number of aromatic nitrogens is 3. The first-order valence-electron chi connectivity index (χ1n) is 5.04. The van der Waals surface area contributed by atoms with Crippen LogP contribution in [0.5, 0.6) is 0 Å². The molecular weight excluding hydrogens is 196 g/mol. The van der Waals surface area contributed by atoms with Gasteiger partial charge in [0.25, 0.3) is 0 Å². The number of H-pyrrole nitrogens is 2. The van der Waals surface area contributed by atoms with Gasteiger partial charge in [-0.3, -0.25) is 9.78 Å². The molecule has 1 amide bonds. The Kier molecular flexibility index (Phi) is 4.08. The molecular formula is C9H16N4O2. The molecule has 0 spiro atoms. The number of nitrogens with zero attached hydrogens (tertiary/aromatic N) is 1. The summed E-state index contributed by atoms with van der Waals surface area (Å²) in [6.07, 6.45) is 1.35. The average molecular weight is 212 g/mol. The Morgan fingerprint density at radius 3 is 2.87 bits per heavy atom. The first-order chi connectivity index (χ1) is 7.13. The number of amides is 1. The van der Waals surface area contributed by atoms with E-state index < -0.39 is 0 Å². The smallest absolute Gasteiger partial charge is 0.340 e. The molecule has 0 aromatic carbocycles. The summed E-state index contributed by atoms with van der Waals surface area (Å²) in [5.41, 5.74) is -0.321. The van der Waals surface area contributed by atoms with Crippen LogP contribution in [0.15, 0.2) is 4.79 Å². The predicted octanol–water partition coefficient (Wildman–Crippen LogP) is -0.197. The topological polar surface area (TPSA) is 90.6 Å². The second-order valence-corrected chi connectivity index (χ2v) is 3.47. The molecule has 15 heavy (non-hydrogen) atoms. The molecule has 0 aliphatic heterocycles. The van der Waals surface area contributed by atoms with E-state index in [2.05, 4.69) is 20.5 Å². The quantitative estimate of drug-likeness (QED) is 0.631. The standard InChI is InChI=1S/C9H16N4O2/c1-3-6(2)8(14)10-5-4-7-11-9(15)13-12-7/h6H,3-5H2,1-2H3,(H,10,14)(H2,11,12,13,15). The summed E-state index contributed by atoms with van der Waals surface area (Å²) in [6, 6.07) is 0. The fourth-order valence-corrected chi connectivity index (χ4v) is 1.09. The van der Waals surface area contributed by atoms with Crippen LogP contribution < -0.4 is 11.0 Å². The van der Waals surface area contributed by atoms with Gasteiger partial charge in [0.15, 0.2) is 0 Å². The average Bonchev–Trinajstić information content (AvgIpc) is 2.63. The maximum Gasteiger partial charge on any atom is 0.340 e. The van der Waals surface area contributed by atoms with E-state index in [9.17, 15) is 9.59 Å². The lowest BCUT2D eigenvalue weighted by molar-refractivity contribution is -0.124. The predicted molar refractivity (Wildman–Crippen MR) is 55.4 cm³/mol. The summed E-state index contributed by atoms with van der Waals surface area (Å²) in [5, 5.41) is 8.78. The van der Waals surface area contributed by atoms with Gasteiger partial charge in [0.2, 0.25) is 5.91 Å². The van der Waals surface area contributed by atoms with Crippen molar-refractivity contribution in [2.24, 2.45) is 5.92 Å². The summed E-state index contributed by atoms with van der Waals surface area (Å²) >= 11 is 0. The number of hydrogen-bond acceptors (Lipinski definition) is 3. The number of carbonyl (C=O) groups is 1. The number of rotatable bonds is 5. The summed E-state index contributed by atoms with van der Waals surface area (Å²) in [6.45, 7) is 4.34. The molecule has 0 aliphatic carbocycles. The first-order valence-corrected chi connectivity index (χ1v) is 5.04. The molecule has 1 heterocycles. The van der Waals surface area contributed by atoms with Crippen molar-refractivity contribution in [3.05, 3.63) is 16.3 Å². The van der Waals surface area contributed by atoms with Crippen LogP contribution in [0.25, 0.3) is 0 Å². The van der Waals surface area contributed by atoms with Crippen molar-refractivity contribution in [1.82, 2.24) is 20.5 Å². The molecule has 1 aromatic rings. The van der Waals surface area contributed by atoms with Crippen LogP contribution in [0.3, 0.4) is 0 Å². The van der Waals surface area contributed by atoms with Crippen LogP contribution in [0, 0.1) is 5.92 Å². The highest BCUT2D eigenvalue weighted by atomic mass is 16.2. The molecule has 1 aromatic heterocycles. The Labute approximate surface area is 87.5 Å². The fraction of sp³-hybridized carbons (Fsp3) is 0.667. The zero-order valence-electron chi connectivity index (χ0n) is 8.96. The van der Waals surface area contributed by atoms with Gasteiger partial charge >= 0.3 is 5.69 Å². The van der Waals surface area contributed by atoms with Gasteiger partial charge in [-0.1, -0.05) is 13.8 Å². The molecule has 6 nitrogen and oxygen atoms in total. The van der Waals surface area contributed by atoms with Crippen LogP contribution >= 0.6 is 0 Å². The van der Waals surface area contributed by atoms with E-state index in [1.807, 2.05) is 13.8 Å². The van der Waals surface area contributed by atoms with Crippen LogP contribution in [0.4, 0.5) is 0 Å². The van der Waals surface area contributed by atoms with E-state index in [0.717, 1.165) is 6.42 Å². The molecule has 6 heteroatoms. The van der Waals surface area contributed by atoms with Crippen LogP contribution in [-0.2, 0) is 11.2 Å². The number of aromatic amines is 2. The molecule has 3 N–H and O–H groups in total. The normalized spacial score (nSPS) is 12.4. The fourth-order valence-electron chi connectivity index (χ4n) is 1.09. The minimum Gasteiger partial charge on any atom is -0.355 e. The Balaban J connectivity index is 2.27. The van der Waals surface area contributed by atoms with Crippen LogP contribution in [0.1, 0.15) is 26.1 Å². The van der Waals surface area contributed by atoms with Crippen molar-refractivity contribution in [2.45, 2.75) is 26.7 Å². The van der Waals surface area contributed by atoms with E-state index in [1.165, 1.54) is 0 Å². The molecule has 1 atom stereocenters. The molecule has 0 saturated carbocycles. The second-order valence-electron chi connectivity index (χ2n) is 3.47. The Hall–Kier alpha value is -1.59. The van der Waals surface area contributed by atoms with Crippen molar-refractivity contribution in [3.63, 3.8) is 0 Å². The van der Waals surface area contributed by atoms with E-state index in [-0.39, 0.29) is 17.5 Å². The number of nitrogens with one attached hydrogen (secondary N) is 3. The highest BCUT2D eigenvalue weighted by molar-refractivity contribution is 5.78. The van der Waals surface area contributed by atoms with E-state index in [4.69, 9.17) is 0 Å². The largest absolute Gasteiger partial charge is 0.355 e. The van der Waals surface area contributed by atoms with Gasteiger partial charge in [0.05, 0.1) is 0 Å². The van der Waals surface area contributed by atoms with Crippen LogP contribution in [-0.4, -0.2) is 27.6 Å². The first kappa shape index (κ1) is 11.5. The molecule has 84 valence electrons. The summed E-state index contributed by atoms with van der Waals surface area (Å²) < 4.78 is 0. The van der Waals surface area contributed by atoms with E-state index in [0.29, 0.717) is 18.8 Å². The van der Waals surface area contributed by atoms with Gasteiger partial charge in [-0.05, 0) is 6.42 Å². The van der Waals surface area contributed by atoms with Crippen molar-refractivity contribution in [3.8, 4) is 0 Å². The number of carbonyl (C=O) groups excluding carboxylic acids is 1. The number of hydrogen-bond donors (Lipinski definition) is 3. The Morgan fingerprint density at radius 2 is 2.33 bits per heavy atom. The lowest BCUT2D eigenvalue weighted by Gasteiger charge is -2.08. The van der Waals surface area contributed by atoms with Gasteiger partial charge in [-0.25, -0.2) is 9.89 Å². The van der Waals surface area contributed by atoms with Gasteiger partial charge in [-0.15, -0.1) is 0 Å². The van der Waals surface area contributed by atoms with E-state index in [1.54, 1.807) is 0 Å². The molecule has 0 aliphatic rings. The third-order valence-corrected chi connectivity index (χ3v) is 2.27. The summed E-state index contributed by atoms with van der Waals surface area (Å²) in [7, 11) is 0. The van der Waals surface area contributed by atoms with Gasteiger partial charge < -0.3 is 5.32 Å². The monoisotopic (exact) mass is 212 g/mol. The highest BCUT2D eigenvalue weighted by Gasteiger charge is 2.09. The minimum atomic E-state index is -0.321. The van der Waals surface area contributed by atoms with Crippen LogP contribution in [0.2, 0.25) is 0 Å². The molecule has 0 bridgehead atoms. The molecule has 0 fully saturated rings. The Morgan fingerprint density at radius 1 is 1.60 bits per heavy atom. The lowest BCUT2D eigenvalue weighted by atomic mass is 10.1. The molecule has 1 unspecified atom stereocenters. The van der Waals surface area contributed by atoms with Gasteiger partial charge in [0, 0.05) is 18.9 Å². The third-order valence-electron chi connectivity index (χ3n) is 2.27. The SMILES string of the molecule is CCC(C)C(=O)NCCc1n[nH]c(=O)[nH]1. The van der Waals surface area contributed by atoms with Gasteiger partial charge in [0.1, 0.15) is 5.82 Å². The molecule has 1 rings (SSSR count). The zero-order valence-corrected chi connectivity index (χ0v) is 8.96. The lowest BCUT2D eigenvalue weighted by Crippen LogP contribution is -2.30. The van der Waals surface area contributed by atoms with Crippen molar-refractivity contribution >= 4 is 5.91 Å². The van der Waals surface area contributed by atoms with Crippen molar-refractivity contribution in [2.75, 3.05) is 6.54 Å². The zero-order chi connectivity index (χ0) is 11.3. The van der Waals surface area contributed by atoms with Crippen molar-refractivity contribution in [1.29, 1.82) is 0 Å². The third kappa shape index (κ3) is 3.57. The maximum atomic E-state index is 11.4. The summed E-state index contributed by atoms with van der Waals surface area (Å²) in [5.74, 6) is 0.628. The minimum absolute atomic E-state index is 0.0308. The van der Waals surface area contributed by atoms with Gasteiger partial charge in [-0.2, -0.15) is 5.10 Å².